The Morgan fingerprint density at radius 3 is 2.85 bits per heavy atom. The summed E-state index contributed by atoms with van der Waals surface area (Å²) in [5.74, 6) is -0.0444. The van der Waals surface area contributed by atoms with Gasteiger partial charge < -0.3 is 10.6 Å². The van der Waals surface area contributed by atoms with Gasteiger partial charge in [-0.2, -0.15) is 5.26 Å². The van der Waals surface area contributed by atoms with Gasteiger partial charge in [-0.05, 0) is 38.3 Å². The summed E-state index contributed by atoms with van der Waals surface area (Å²) in [6.07, 6.45) is 2.08. The van der Waals surface area contributed by atoms with Gasteiger partial charge in [-0.15, -0.1) is 11.3 Å². The topological polar surface area (TPSA) is 68.2 Å². The van der Waals surface area contributed by atoms with Crippen LogP contribution >= 0.6 is 11.3 Å². The molecule has 0 unspecified atom stereocenters. The van der Waals surface area contributed by atoms with E-state index in [-0.39, 0.29) is 11.4 Å². The molecule has 2 rings (SSSR count). The Kier molecular flexibility index (Phi) is 4.76. The molecule has 5 nitrogen and oxygen atoms in total. The van der Waals surface area contributed by atoms with Crippen molar-refractivity contribution >= 4 is 22.2 Å². The number of nitrogens with one attached hydrogen (secondary N) is 2. The maximum absolute atomic E-state index is 12.0. The first-order valence-electron chi connectivity index (χ1n) is 6.75. The molecule has 2 heterocycles. The minimum atomic E-state index is -0.0444. The normalized spacial score (nSPS) is 18.4. The van der Waals surface area contributed by atoms with Crippen LogP contribution in [0.2, 0.25) is 0 Å². The number of thiophene rings is 1. The molecule has 1 amide bonds. The SMILES string of the molecule is CNC1(C)CCN(CC(=O)Nc2sccc2C#N)CC1. The average Bonchev–Trinajstić information content (AvgIpc) is 2.88. The van der Waals surface area contributed by atoms with Crippen LogP contribution in [0.25, 0.3) is 0 Å². The van der Waals surface area contributed by atoms with Gasteiger partial charge in [0.05, 0.1) is 12.1 Å². The first kappa shape index (κ1) is 15.0. The van der Waals surface area contributed by atoms with Gasteiger partial charge in [0.1, 0.15) is 11.1 Å². The number of likely N-dealkylation sites (tertiary alicyclic amines) is 1. The Balaban J connectivity index is 1.83. The molecule has 6 heteroatoms. The van der Waals surface area contributed by atoms with E-state index in [4.69, 9.17) is 5.26 Å². The van der Waals surface area contributed by atoms with Crippen molar-refractivity contribution in [2.45, 2.75) is 25.3 Å². The van der Waals surface area contributed by atoms with E-state index in [1.807, 2.05) is 12.4 Å². The lowest BCUT2D eigenvalue weighted by Gasteiger charge is -2.38. The van der Waals surface area contributed by atoms with Gasteiger partial charge in [0.25, 0.3) is 0 Å². The minimum absolute atomic E-state index is 0.0444. The van der Waals surface area contributed by atoms with E-state index in [0.29, 0.717) is 17.1 Å². The molecule has 0 aromatic carbocycles. The quantitative estimate of drug-likeness (QED) is 0.885. The van der Waals surface area contributed by atoms with Crippen LogP contribution in [0, 0.1) is 11.3 Å². The molecule has 0 bridgehead atoms. The van der Waals surface area contributed by atoms with Crippen LogP contribution in [0.4, 0.5) is 5.00 Å². The van der Waals surface area contributed by atoms with E-state index < -0.39 is 0 Å². The molecule has 2 N–H and O–H groups in total. The number of hydrogen-bond donors (Lipinski definition) is 2. The van der Waals surface area contributed by atoms with Crippen LogP contribution in [0.3, 0.4) is 0 Å². The van der Waals surface area contributed by atoms with Crippen molar-refractivity contribution in [3.8, 4) is 6.07 Å². The third kappa shape index (κ3) is 3.57. The number of hydrogen-bond acceptors (Lipinski definition) is 5. The molecule has 20 heavy (non-hydrogen) atoms. The number of carbonyl (C=O) groups excluding carboxylic acids is 1. The van der Waals surface area contributed by atoms with Crippen LogP contribution in [0.5, 0.6) is 0 Å². The molecule has 1 aliphatic rings. The number of nitriles is 1. The van der Waals surface area contributed by atoms with E-state index in [1.165, 1.54) is 11.3 Å². The number of nitrogens with zero attached hydrogens (tertiary/aromatic N) is 2. The molecule has 1 fully saturated rings. The largest absolute Gasteiger partial charge is 0.315 e. The third-order valence-electron chi connectivity index (χ3n) is 3.97. The van der Waals surface area contributed by atoms with Gasteiger partial charge in [0.2, 0.25) is 5.91 Å². The highest BCUT2D eigenvalue weighted by Gasteiger charge is 2.28. The van der Waals surface area contributed by atoms with Gasteiger partial charge in [-0.25, -0.2) is 0 Å². The van der Waals surface area contributed by atoms with E-state index in [1.54, 1.807) is 6.07 Å². The summed E-state index contributed by atoms with van der Waals surface area (Å²) in [5, 5.41) is 17.5. The van der Waals surface area contributed by atoms with Gasteiger partial charge in [0, 0.05) is 18.6 Å². The molecule has 0 aliphatic carbocycles. The molecule has 0 spiro atoms. The molecule has 108 valence electrons. The lowest BCUT2D eigenvalue weighted by Crippen LogP contribution is -2.51. The number of rotatable bonds is 4. The zero-order valence-electron chi connectivity index (χ0n) is 11.9. The number of piperidine rings is 1. The Morgan fingerprint density at radius 1 is 1.55 bits per heavy atom. The fraction of sp³-hybridized carbons (Fsp3) is 0.571. The molecule has 1 aromatic rings. The molecule has 1 aliphatic heterocycles. The summed E-state index contributed by atoms with van der Waals surface area (Å²) < 4.78 is 0. The monoisotopic (exact) mass is 292 g/mol. The predicted molar refractivity (Wildman–Crippen MR) is 80.8 cm³/mol. The highest BCUT2D eigenvalue weighted by Crippen LogP contribution is 2.23. The first-order chi connectivity index (χ1) is 9.56. The third-order valence-corrected chi connectivity index (χ3v) is 4.80. The van der Waals surface area contributed by atoms with Crippen molar-refractivity contribution < 1.29 is 4.79 Å². The minimum Gasteiger partial charge on any atom is -0.315 e. The summed E-state index contributed by atoms with van der Waals surface area (Å²) in [7, 11) is 1.99. The van der Waals surface area contributed by atoms with Crippen LogP contribution in [-0.4, -0.2) is 43.0 Å². The Bertz CT molecular complexity index is 511. The number of anilines is 1. The predicted octanol–water partition coefficient (Wildman–Crippen LogP) is 1.63. The lowest BCUT2D eigenvalue weighted by molar-refractivity contribution is -0.117. The average molecular weight is 292 g/mol. The van der Waals surface area contributed by atoms with Crippen molar-refractivity contribution in [1.29, 1.82) is 5.26 Å². The van der Waals surface area contributed by atoms with E-state index in [2.05, 4.69) is 28.5 Å². The first-order valence-corrected chi connectivity index (χ1v) is 7.63. The van der Waals surface area contributed by atoms with Crippen molar-refractivity contribution in [3.63, 3.8) is 0 Å². The maximum Gasteiger partial charge on any atom is 0.239 e. The van der Waals surface area contributed by atoms with Crippen LogP contribution in [-0.2, 0) is 4.79 Å². The molecule has 0 saturated carbocycles. The van der Waals surface area contributed by atoms with Crippen molar-refractivity contribution in [1.82, 2.24) is 10.2 Å². The standard InChI is InChI=1S/C14H20N4OS/c1-14(16-2)4-6-18(7-5-14)10-12(19)17-13-11(9-15)3-8-20-13/h3,8,16H,4-7,10H2,1-2H3,(H,17,19). The fourth-order valence-corrected chi connectivity index (χ4v) is 3.07. The maximum atomic E-state index is 12.0. The Morgan fingerprint density at radius 2 is 2.25 bits per heavy atom. The molecule has 0 radical (unpaired) electrons. The summed E-state index contributed by atoms with van der Waals surface area (Å²) in [6.45, 7) is 4.44. The van der Waals surface area contributed by atoms with E-state index >= 15 is 0 Å². The van der Waals surface area contributed by atoms with E-state index in [0.717, 1.165) is 25.9 Å². The Hall–Kier alpha value is -1.42. The van der Waals surface area contributed by atoms with Crippen LogP contribution < -0.4 is 10.6 Å². The fourth-order valence-electron chi connectivity index (χ4n) is 2.32. The molecular weight excluding hydrogens is 272 g/mol. The molecule has 1 saturated heterocycles. The smallest absolute Gasteiger partial charge is 0.239 e. The molecule has 0 atom stereocenters. The zero-order chi connectivity index (χ0) is 14.6. The summed E-state index contributed by atoms with van der Waals surface area (Å²) in [4.78, 5) is 14.2. The zero-order valence-corrected chi connectivity index (χ0v) is 12.7. The van der Waals surface area contributed by atoms with Gasteiger partial charge in [-0.1, -0.05) is 0 Å². The summed E-state index contributed by atoms with van der Waals surface area (Å²) in [6, 6.07) is 3.80. The molecular formula is C14H20N4OS. The second kappa shape index (κ2) is 6.35. The highest BCUT2D eigenvalue weighted by molar-refractivity contribution is 7.14. The summed E-state index contributed by atoms with van der Waals surface area (Å²) in [5.41, 5.74) is 0.721. The van der Waals surface area contributed by atoms with Gasteiger partial charge >= 0.3 is 0 Å². The Labute approximate surface area is 123 Å². The van der Waals surface area contributed by atoms with Gasteiger partial charge in [0.15, 0.2) is 0 Å². The number of carbonyl (C=O) groups is 1. The lowest BCUT2D eigenvalue weighted by atomic mass is 9.90. The van der Waals surface area contributed by atoms with Crippen LogP contribution in [0.15, 0.2) is 11.4 Å². The van der Waals surface area contributed by atoms with Crippen LogP contribution in [0.1, 0.15) is 25.3 Å². The number of amides is 1. The summed E-state index contributed by atoms with van der Waals surface area (Å²) >= 11 is 1.38. The second-order valence-corrected chi connectivity index (χ2v) is 6.33. The van der Waals surface area contributed by atoms with Crippen molar-refractivity contribution in [3.05, 3.63) is 17.0 Å². The highest BCUT2D eigenvalue weighted by atomic mass is 32.1. The molecule has 1 aromatic heterocycles. The van der Waals surface area contributed by atoms with E-state index in [9.17, 15) is 4.79 Å². The van der Waals surface area contributed by atoms with Gasteiger partial charge in [-0.3, -0.25) is 9.69 Å². The second-order valence-electron chi connectivity index (χ2n) is 5.41. The van der Waals surface area contributed by atoms with Crippen molar-refractivity contribution in [2.24, 2.45) is 0 Å². The van der Waals surface area contributed by atoms with Crippen molar-refractivity contribution in [2.75, 3.05) is 32.0 Å².